The van der Waals surface area contributed by atoms with Gasteiger partial charge in [0.2, 0.25) is 5.78 Å². The van der Waals surface area contributed by atoms with Crippen molar-refractivity contribution in [2.24, 2.45) is 0 Å². The number of ether oxygens (including phenoxy) is 3. The van der Waals surface area contributed by atoms with E-state index in [2.05, 4.69) is 6.92 Å². The average molecular weight is 366 g/mol. The van der Waals surface area contributed by atoms with Crippen molar-refractivity contribution in [3.8, 4) is 11.5 Å². The van der Waals surface area contributed by atoms with Crippen molar-refractivity contribution in [3.63, 3.8) is 0 Å². The van der Waals surface area contributed by atoms with Crippen LogP contribution in [0.3, 0.4) is 0 Å². The minimum absolute atomic E-state index is 0.172. The van der Waals surface area contributed by atoms with Crippen molar-refractivity contribution in [1.29, 1.82) is 0 Å². The lowest BCUT2D eigenvalue weighted by Crippen LogP contribution is -2.26. The molecule has 0 aromatic heterocycles. The number of rotatable bonds is 6. The van der Waals surface area contributed by atoms with Gasteiger partial charge in [0.15, 0.2) is 11.9 Å². The quantitative estimate of drug-likeness (QED) is 0.566. The number of Topliss-reactive ketones (excluding diaryl/α,β-unsaturated/α-hetero) is 1. The van der Waals surface area contributed by atoms with Crippen molar-refractivity contribution in [1.82, 2.24) is 0 Å². The maximum atomic E-state index is 12.5. The lowest BCUT2D eigenvalue weighted by Gasteiger charge is -2.13. The van der Waals surface area contributed by atoms with E-state index in [-0.39, 0.29) is 11.5 Å². The molecule has 0 saturated carbocycles. The predicted molar refractivity (Wildman–Crippen MR) is 102 cm³/mol. The Hall–Kier alpha value is -3.08. The number of ketones is 1. The molecule has 2 aromatic carbocycles. The second-order valence-corrected chi connectivity index (χ2v) is 6.21. The standard InChI is InChI=1S/C22H22O5/c1-4-15-6-8-16(9-7-15)12-20-21(23)18-11-10-17(13-19(18)27-20)26-14(3)22(24)25-5-2/h6-14H,4-5H2,1-3H3/b20-12+/t14-/m1/s1. The Labute approximate surface area is 158 Å². The van der Waals surface area contributed by atoms with Crippen LogP contribution >= 0.6 is 0 Å². The summed E-state index contributed by atoms with van der Waals surface area (Å²) < 4.78 is 16.2. The number of hydrogen-bond acceptors (Lipinski definition) is 5. The molecule has 1 atom stereocenters. The zero-order valence-corrected chi connectivity index (χ0v) is 15.7. The zero-order valence-electron chi connectivity index (χ0n) is 15.7. The van der Waals surface area contributed by atoms with Crippen LogP contribution in [0.4, 0.5) is 0 Å². The van der Waals surface area contributed by atoms with E-state index >= 15 is 0 Å². The molecule has 1 aliphatic rings. The zero-order chi connectivity index (χ0) is 19.4. The van der Waals surface area contributed by atoms with Crippen molar-refractivity contribution in [2.45, 2.75) is 33.3 Å². The third-order valence-corrected chi connectivity index (χ3v) is 4.26. The molecule has 5 nitrogen and oxygen atoms in total. The van der Waals surface area contributed by atoms with Gasteiger partial charge in [-0.05, 0) is 49.6 Å². The number of aryl methyl sites for hydroxylation is 1. The average Bonchev–Trinajstić information content (AvgIpc) is 2.97. The van der Waals surface area contributed by atoms with E-state index in [1.807, 2.05) is 24.3 Å². The van der Waals surface area contributed by atoms with E-state index < -0.39 is 12.1 Å². The first kappa shape index (κ1) is 18.7. The van der Waals surface area contributed by atoms with Gasteiger partial charge in [-0.1, -0.05) is 31.2 Å². The van der Waals surface area contributed by atoms with Gasteiger partial charge < -0.3 is 14.2 Å². The molecule has 27 heavy (non-hydrogen) atoms. The molecule has 0 spiro atoms. The summed E-state index contributed by atoms with van der Waals surface area (Å²) in [6.45, 7) is 5.74. The van der Waals surface area contributed by atoms with Gasteiger partial charge in [0, 0.05) is 6.07 Å². The summed E-state index contributed by atoms with van der Waals surface area (Å²) in [6.07, 6.45) is 1.95. The van der Waals surface area contributed by atoms with Crippen LogP contribution in [0, 0.1) is 0 Å². The smallest absolute Gasteiger partial charge is 0.347 e. The van der Waals surface area contributed by atoms with Crippen LogP contribution in [0.15, 0.2) is 48.2 Å². The van der Waals surface area contributed by atoms with E-state index in [0.29, 0.717) is 23.7 Å². The van der Waals surface area contributed by atoms with Gasteiger partial charge >= 0.3 is 5.97 Å². The van der Waals surface area contributed by atoms with Crippen LogP contribution in [0.25, 0.3) is 6.08 Å². The Morgan fingerprint density at radius 1 is 1.15 bits per heavy atom. The highest BCUT2D eigenvalue weighted by Gasteiger charge is 2.28. The first-order valence-electron chi connectivity index (χ1n) is 9.02. The highest BCUT2D eigenvalue weighted by atomic mass is 16.6. The van der Waals surface area contributed by atoms with Crippen LogP contribution in [-0.4, -0.2) is 24.5 Å². The third-order valence-electron chi connectivity index (χ3n) is 4.26. The maximum absolute atomic E-state index is 12.5. The van der Waals surface area contributed by atoms with Crippen LogP contribution in [0.2, 0.25) is 0 Å². The summed E-state index contributed by atoms with van der Waals surface area (Å²) in [7, 11) is 0. The SMILES string of the molecule is CCOC(=O)[C@@H](C)Oc1ccc2c(c1)O/C(=C/c1ccc(CC)cc1)C2=O. The number of esters is 1. The highest BCUT2D eigenvalue weighted by Crippen LogP contribution is 2.35. The largest absolute Gasteiger partial charge is 0.479 e. The number of carbonyl (C=O) groups excluding carboxylic acids is 2. The van der Waals surface area contributed by atoms with E-state index in [1.165, 1.54) is 5.56 Å². The van der Waals surface area contributed by atoms with Crippen LogP contribution in [0.5, 0.6) is 11.5 Å². The summed E-state index contributed by atoms with van der Waals surface area (Å²) >= 11 is 0. The monoisotopic (exact) mass is 366 g/mol. The minimum atomic E-state index is -0.743. The second-order valence-electron chi connectivity index (χ2n) is 6.21. The molecule has 0 saturated heterocycles. The van der Waals surface area contributed by atoms with Gasteiger partial charge in [-0.3, -0.25) is 4.79 Å². The summed E-state index contributed by atoms with van der Waals surface area (Å²) in [5, 5.41) is 0. The number of hydrogen-bond donors (Lipinski definition) is 0. The Bertz CT molecular complexity index is 880. The molecule has 0 fully saturated rings. The first-order chi connectivity index (χ1) is 13.0. The van der Waals surface area contributed by atoms with Crippen LogP contribution < -0.4 is 9.47 Å². The molecule has 1 aliphatic heterocycles. The lowest BCUT2D eigenvalue weighted by atomic mass is 10.1. The number of fused-ring (bicyclic) bond motifs is 1. The van der Waals surface area contributed by atoms with Crippen molar-refractivity contribution in [3.05, 3.63) is 64.9 Å². The van der Waals surface area contributed by atoms with E-state index in [4.69, 9.17) is 14.2 Å². The van der Waals surface area contributed by atoms with Gasteiger partial charge in [-0.2, -0.15) is 0 Å². The van der Waals surface area contributed by atoms with E-state index in [9.17, 15) is 9.59 Å². The predicted octanol–water partition coefficient (Wildman–Crippen LogP) is 4.20. The van der Waals surface area contributed by atoms with Gasteiger partial charge in [0.05, 0.1) is 12.2 Å². The van der Waals surface area contributed by atoms with Gasteiger partial charge in [-0.15, -0.1) is 0 Å². The Morgan fingerprint density at radius 3 is 2.56 bits per heavy atom. The van der Waals surface area contributed by atoms with Crippen LogP contribution in [0.1, 0.15) is 42.3 Å². The van der Waals surface area contributed by atoms with E-state index in [0.717, 1.165) is 12.0 Å². The summed E-state index contributed by atoms with van der Waals surface area (Å²) in [5.41, 5.74) is 2.61. The van der Waals surface area contributed by atoms with Crippen molar-refractivity contribution < 1.29 is 23.8 Å². The van der Waals surface area contributed by atoms with Crippen molar-refractivity contribution >= 4 is 17.8 Å². The molecule has 140 valence electrons. The molecule has 2 aromatic rings. The van der Waals surface area contributed by atoms with E-state index in [1.54, 1.807) is 38.1 Å². The fraction of sp³-hybridized carbons (Fsp3) is 0.273. The normalized spacial score (nSPS) is 15.2. The van der Waals surface area contributed by atoms with Gasteiger partial charge in [0.1, 0.15) is 11.5 Å². The third kappa shape index (κ3) is 4.19. The summed E-state index contributed by atoms with van der Waals surface area (Å²) in [6, 6.07) is 12.9. The summed E-state index contributed by atoms with van der Waals surface area (Å²) in [4.78, 5) is 24.2. The number of benzene rings is 2. The second kappa shape index (κ2) is 8.08. The molecule has 5 heteroatoms. The molecule has 0 aliphatic carbocycles. The highest BCUT2D eigenvalue weighted by molar-refractivity contribution is 6.14. The molecule has 0 unspecified atom stereocenters. The van der Waals surface area contributed by atoms with Crippen molar-refractivity contribution in [2.75, 3.05) is 6.61 Å². The molecular weight excluding hydrogens is 344 g/mol. The number of allylic oxidation sites excluding steroid dienone is 1. The summed E-state index contributed by atoms with van der Waals surface area (Å²) in [5.74, 6) is 0.520. The Kier molecular flexibility index (Phi) is 5.60. The molecule has 1 heterocycles. The number of carbonyl (C=O) groups is 2. The molecule has 0 radical (unpaired) electrons. The maximum Gasteiger partial charge on any atom is 0.347 e. The molecule has 0 N–H and O–H groups in total. The molecule has 0 amide bonds. The van der Waals surface area contributed by atoms with Crippen LogP contribution in [-0.2, 0) is 16.0 Å². The Balaban J connectivity index is 1.76. The lowest BCUT2D eigenvalue weighted by molar-refractivity contribution is -0.150. The molecule has 0 bridgehead atoms. The van der Waals surface area contributed by atoms with Gasteiger partial charge in [0.25, 0.3) is 0 Å². The minimum Gasteiger partial charge on any atom is -0.479 e. The topological polar surface area (TPSA) is 61.8 Å². The Morgan fingerprint density at radius 2 is 1.89 bits per heavy atom. The fourth-order valence-electron chi connectivity index (χ4n) is 2.75. The first-order valence-corrected chi connectivity index (χ1v) is 9.02. The fourth-order valence-corrected chi connectivity index (χ4v) is 2.75. The molecule has 3 rings (SSSR count). The van der Waals surface area contributed by atoms with Gasteiger partial charge in [-0.25, -0.2) is 4.79 Å². The molecular formula is C22H22O5.